The molecule has 0 spiro atoms. The third-order valence-electron chi connectivity index (χ3n) is 5.38. The zero-order valence-electron chi connectivity index (χ0n) is 18.1. The first kappa shape index (κ1) is 22.9. The van der Waals surface area contributed by atoms with E-state index in [0.717, 1.165) is 0 Å². The van der Waals surface area contributed by atoms with Gasteiger partial charge in [-0.3, -0.25) is 4.79 Å². The lowest BCUT2D eigenvalue weighted by Crippen LogP contribution is -2.43. The predicted molar refractivity (Wildman–Crippen MR) is 118 cm³/mol. The van der Waals surface area contributed by atoms with Crippen LogP contribution in [0.5, 0.6) is 0 Å². The molecule has 1 aliphatic heterocycles. The highest BCUT2D eigenvalue weighted by molar-refractivity contribution is 7.89. The van der Waals surface area contributed by atoms with Gasteiger partial charge in [-0.15, -0.1) is 0 Å². The first-order chi connectivity index (χ1) is 15.8. The summed E-state index contributed by atoms with van der Waals surface area (Å²) in [4.78, 5) is 12.6. The molecule has 4 rings (SSSR count). The van der Waals surface area contributed by atoms with Crippen LogP contribution in [-0.4, -0.2) is 42.0 Å². The van der Waals surface area contributed by atoms with E-state index in [1.807, 2.05) is 0 Å². The Bertz CT molecular complexity index is 1300. The standard InChI is InChI=1S/C22H23FN4O5S/c1-14-12-20(26-31-14)24-22(28)17-7-5-11-27(13-17)33(29,30)21-15(2)25-32-19(21)10-9-16-6-3-4-8-18(16)23/h3-4,6,8-10,12,17H,5,7,11,13H2,1-2H3,(H,24,26,28)/b10-9+/t17-/m0/s1. The van der Waals surface area contributed by atoms with Crippen LogP contribution in [0, 0.1) is 25.6 Å². The average molecular weight is 475 g/mol. The predicted octanol–water partition coefficient (Wildman–Crippen LogP) is 3.63. The van der Waals surface area contributed by atoms with Gasteiger partial charge in [0.05, 0.1) is 5.92 Å². The molecule has 3 heterocycles. The summed E-state index contributed by atoms with van der Waals surface area (Å²) in [7, 11) is -4.01. The molecule has 174 valence electrons. The highest BCUT2D eigenvalue weighted by Crippen LogP contribution is 2.30. The Morgan fingerprint density at radius 2 is 2.00 bits per heavy atom. The first-order valence-corrected chi connectivity index (χ1v) is 11.8. The van der Waals surface area contributed by atoms with Gasteiger partial charge in [-0.25, -0.2) is 12.8 Å². The summed E-state index contributed by atoms with van der Waals surface area (Å²) >= 11 is 0. The van der Waals surface area contributed by atoms with Crippen molar-refractivity contribution in [2.45, 2.75) is 31.6 Å². The number of nitrogens with one attached hydrogen (secondary N) is 1. The van der Waals surface area contributed by atoms with Crippen LogP contribution in [0.2, 0.25) is 0 Å². The SMILES string of the molecule is Cc1cc(NC(=O)[C@H]2CCCN(S(=O)(=O)c3c(C)noc3/C=C/c3ccccc3F)C2)no1. The number of carbonyl (C=O) groups is 1. The minimum atomic E-state index is -4.01. The van der Waals surface area contributed by atoms with E-state index >= 15 is 0 Å². The van der Waals surface area contributed by atoms with Gasteiger partial charge in [0.2, 0.25) is 15.9 Å². The number of benzene rings is 1. The number of aromatic nitrogens is 2. The van der Waals surface area contributed by atoms with Crippen LogP contribution in [0.25, 0.3) is 12.2 Å². The van der Waals surface area contributed by atoms with Crippen molar-refractivity contribution in [2.75, 3.05) is 18.4 Å². The van der Waals surface area contributed by atoms with E-state index in [1.165, 1.54) is 29.4 Å². The van der Waals surface area contributed by atoms with Crippen molar-refractivity contribution in [1.29, 1.82) is 0 Å². The van der Waals surface area contributed by atoms with Gasteiger partial charge in [0.25, 0.3) is 0 Å². The third-order valence-corrected chi connectivity index (χ3v) is 7.41. The van der Waals surface area contributed by atoms with Crippen LogP contribution in [-0.2, 0) is 14.8 Å². The number of anilines is 1. The number of sulfonamides is 1. The number of rotatable bonds is 6. The van der Waals surface area contributed by atoms with Gasteiger partial charge in [0.1, 0.15) is 17.3 Å². The Labute approximate surface area is 190 Å². The van der Waals surface area contributed by atoms with Crippen LogP contribution in [0.15, 0.2) is 44.3 Å². The number of hydrogen-bond acceptors (Lipinski definition) is 7. The second-order valence-electron chi connectivity index (χ2n) is 7.83. The van der Waals surface area contributed by atoms with Crippen molar-refractivity contribution in [3.8, 4) is 0 Å². The van der Waals surface area contributed by atoms with Gasteiger partial charge in [-0.2, -0.15) is 4.31 Å². The van der Waals surface area contributed by atoms with Gasteiger partial charge in [-0.1, -0.05) is 28.5 Å². The molecule has 1 N–H and O–H groups in total. The normalized spacial score (nSPS) is 17.5. The van der Waals surface area contributed by atoms with Crippen molar-refractivity contribution in [3.63, 3.8) is 0 Å². The number of carbonyl (C=O) groups excluding carboxylic acids is 1. The molecule has 1 atom stereocenters. The molecule has 1 saturated heterocycles. The molecule has 11 heteroatoms. The van der Waals surface area contributed by atoms with Crippen LogP contribution < -0.4 is 5.32 Å². The fraction of sp³-hybridized carbons (Fsp3) is 0.318. The Hall–Kier alpha value is -3.31. The topological polar surface area (TPSA) is 119 Å². The molecule has 0 unspecified atom stereocenters. The number of piperidine rings is 1. The monoisotopic (exact) mass is 474 g/mol. The Morgan fingerprint density at radius 3 is 2.73 bits per heavy atom. The van der Waals surface area contributed by atoms with E-state index in [0.29, 0.717) is 18.6 Å². The highest BCUT2D eigenvalue weighted by Gasteiger charge is 2.37. The van der Waals surface area contributed by atoms with Gasteiger partial charge in [-0.05, 0) is 44.9 Å². The minimum absolute atomic E-state index is 0.000371. The fourth-order valence-electron chi connectivity index (χ4n) is 3.73. The fourth-order valence-corrected chi connectivity index (χ4v) is 5.51. The molecule has 0 saturated carbocycles. The molecule has 3 aromatic rings. The second kappa shape index (κ2) is 9.28. The quantitative estimate of drug-likeness (QED) is 0.579. The maximum atomic E-state index is 13.9. The Morgan fingerprint density at radius 1 is 1.21 bits per heavy atom. The summed E-state index contributed by atoms with van der Waals surface area (Å²) in [6.45, 7) is 3.50. The molecule has 33 heavy (non-hydrogen) atoms. The molecule has 1 amide bonds. The number of halogens is 1. The number of nitrogens with zero attached hydrogens (tertiary/aromatic N) is 3. The average Bonchev–Trinajstić information content (AvgIpc) is 3.38. The lowest BCUT2D eigenvalue weighted by Gasteiger charge is -2.30. The van der Waals surface area contributed by atoms with E-state index in [1.54, 1.807) is 31.2 Å². The first-order valence-electron chi connectivity index (χ1n) is 10.4. The van der Waals surface area contributed by atoms with Crippen molar-refractivity contribution >= 4 is 33.9 Å². The molecule has 9 nitrogen and oxygen atoms in total. The molecule has 2 aromatic heterocycles. The van der Waals surface area contributed by atoms with Crippen LogP contribution in [0.1, 0.15) is 35.6 Å². The van der Waals surface area contributed by atoms with E-state index in [4.69, 9.17) is 9.05 Å². The summed E-state index contributed by atoms with van der Waals surface area (Å²) in [5, 5.41) is 10.2. The number of amides is 1. The van der Waals surface area contributed by atoms with Crippen molar-refractivity contribution < 1.29 is 26.6 Å². The maximum absolute atomic E-state index is 13.9. The molecule has 0 bridgehead atoms. The Balaban J connectivity index is 1.55. The zero-order chi connectivity index (χ0) is 23.6. The lowest BCUT2D eigenvalue weighted by atomic mass is 9.99. The molecular weight excluding hydrogens is 451 g/mol. The molecule has 1 aliphatic rings. The molecule has 0 radical (unpaired) electrons. The number of aryl methyl sites for hydroxylation is 2. The lowest BCUT2D eigenvalue weighted by molar-refractivity contribution is -0.120. The van der Waals surface area contributed by atoms with E-state index in [2.05, 4.69) is 15.6 Å². The summed E-state index contributed by atoms with van der Waals surface area (Å²) in [5.74, 6) is -0.486. The maximum Gasteiger partial charge on any atom is 0.248 e. The van der Waals surface area contributed by atoms with Crippen LogP contribution in [0.3, 0.4) is 0 Å². The summed E-state index contributed by atoms with van der Waals surface area (Å²) in [6, 6.07) is 7.69. The van der Waals surface area contributed by atoms with Crippen molar-refractivity contribution in [2.24, 2.45) is 5.92 Å². The number of hydrogen-bond donors (Lipinski definition) is 1. The molecule has 0 aliphatic carbocycles. The third kappa shape index (κ3) is 4.88. The van der Waals surface area contributed by atoms with Gasteiger partial charge in [0.15, 0.2) is 16.5 Å². The van der Waals surface area contributed by atoms with E-state index < -0.39 is 21.8 Å². The highest BCUT2D eigenvalue weighted by atomic mass is 32.2. The molecule has 1 fully saturated rings. The van der Waals surface area contributed by atoms with Crippen molar-refractivity contribution in [3.05, 3.63) is 58.9 Å². The van der Waals surface area contributed by atoms with Crippen LogP contribution in [0.4, 0.5) is 10.2 Å². The van der Waals surface area contributed by atoms with E-state index in [-0.39, 0.29) is 46.7 Å². The zero-order valence-corrected chi connectivity index (χ0v) is 18.9. The Kier molecular flexibility index (Phi) is 6.43. The molecular formula is C22H23FN4O5S. The second-order valence-corrected chi connectivity index (χ2v) is 9.71. The van der Waals surface area contributed by atoms with Crippen LogP contribution >= 0.6 is 0 Å². The van der Waals surface area contributed by atoms with E-state index in [9.17, 15) is 17.6 Å². The summed E-state index contributed by atoms with van der Waals surface area (Å²) in [6.07, 6.45) is 3.87. The summed E-state index contributed by atoms with van der Waals surface area (Å²) < 4.78 is 52.3. The van der Waals surface area contributed by atoms with Gasteiger partial charge in [0, 0.05) is 24.7 Å². The minimum Gasteiger partial charge on any atom is -0.360 e. The largest absolute Gasteiger partial charge is 0.360 e. The molecule has 1 aromatic carbocycles. The van der Waals surface area contributed by atoms with Gasteiger partial charge < -0.3 is 14.4 Å². The summed E-state index contributed by atoms with van der Waals surface area (Å²) in [5.41, 5.74) is 0.473. The van der Waals surface area contributed by atoms with Crippen molar-refractivity contribution in [1.82, 2.24) is 14.6 Å². The van der Waals surface area contributed by atoms with Gasteiger partial charge >= 0.3 is 0 Å². The smallest absolute Gasteiger partial charge is 0.248 e.